The second-order valence-corrected chi connectivity index (χ2v) is 5.13. The van der Waals surface area contributed by atoms with Crippen LogP contribution in [-0.2, 0) is 0 Å². The molecular formula is C16H15F2N3. The number of halogens is 2. The molecule has 0 saturated heterocycles. The Balaban J connectivity index is 2.17. The summed E-state index contributed by atoms with van der Waals surface area (Å²) in [6, 6.07) is 9.50. The van der Waals surface area contributed by atoms with Gasteiger partial charge in [0.1, 0.15) is 11.3 Å². The molecule has 2 aromatic carbocycles. The van der Waals surface area contributed by atoms with Gasteiger partial charge in [-0.1, -0.05) is 18.2 Å². The molecule has 0 radical (unpaired) electrons. The molecule has 21 heavy (non-hydrogen) atoms. The Kier molecular flexibility index (Phi) is 3.12. The second-order valence-electron chi connectivity index (χ2n) is 5.13. The number of hydrogen-bond acceptors (Lipinski definition) is 2. The Morgan fingerprint density at radius 3 is 2.62 bits per heavy atom. The fourth-order valence-electron chi connectivity index (χ4n) is 2.53. The monoisotopic (exact) mass is 287 g/mol. The number of rotatable bonds is 2. The topological polar surface area (TPSA) is 43.8 Å². The lowest BCUT2D eigenvalue weighted by Crippen LogP contribution is -2.10. The lowest BCUT2D eigenvalue weighted by atomic mass is 10.1. The van der Waals surface area contributed by atoms with E-state index < -0.39 is 5.82 Å². The van der Waals surface area contributed by atoms with Crippen molar-refractivity contribution in [1.82, 2.24) is 9.55 Å². The van der Waals surface area contributed by atoms with Gasteiger partial charge in [0.15, 0.2) is 5.82 Å². The molecule has 0 aliphatic rings. The van der Waals surface area contributed by atoms with Crippen molar-refractivity contribution in [3.63, 3.8) is 0 Å². The predicted octanol–water partition coefficient (Wildman–Crippen LogP) is 3.81. The molecule has 1 aromatic heterocycles. The molecule has 0 saturated carbocycles. The van der Waals surface area contributed by atoms with E-state index in [4.69, 9.17) is 5.73 Å². The molecule has 3 nitrogen and oxygen atoms in total. The Morgan fingerprint density at radius 2 is 1.90 bits per heavy atom. The number of hydrogen-bond donors (Lipinski definition) is 1. The quantitative estimate of drug-likeness (QED) is 0.778. The third kappa shape index (κ3) is 2.14. The fourth-order valence-corrected chi connectivity index (χ4v) is 2.53. The maximum atomic E-state index is 13.8. The van der Waals surface area contributed by atoms with E-state index >= 15 is 0 Å². The van der Waals surface area contributed by atoms with Crippen LogP contribution in [0.15, 0.2) is 36.4 Å². The van der Waals surface area contributed by atoms with Crippen LogP contribution in [0.3, 0.4) is 0 Å². The number of aryl methyl sites for hydroxylation is 1. The van der Waals surface area contributed by atoms with Crippen molar-refractivity contribution < 1.29 is 8.78 Å². The summed E-state index contributed by atoms with van der Waals surface area (Å²) in [6.07, 6.45) is 0. The number of para-hydroxylation sites is 1. The Morgan fingerprint density at radius 1 is 1.14 bits per heavy atom. The van der Waals surface area contributed by atoms with Crippen LogP contribution in [0.5, 0.6) is 0 Å². The molecule has 3 aromatic rings. The molecule has 108 valence electrons. The third-order valence-corrected chi connectivity index (χ3v) is 3.76. The van der Waals surface area contributed by atoms with Gasteiger partial charge in [-0.25, -0.2) is 13.8 Å². The minimum Gasteiger partial charge on any atom is -0.369 e. The highest BCUT2D eigenvalue weighted by atomic mass is 19.1. The highest BCUT2D eigenvalue weighted by Crippen LogP contribution is 2.29. The molecule has 0 bridgehead atoms. The van der Waals surface area contributed by atoms with Crippen LogP contribution in [-0.4, -0.2) is 9.55 Å². The van der Waals surface area contributed by atoms with Gasteiger partial charge in [-0.05, 0) is 43.2 Å². The summed E-state index contributed by atoms with van der Waals surface area (Å²) in [6.45, 7) is 3.59. The molecule has 0 aliphatic heterocycles. The van der Waals surface area contributed by atoms with Crippen LogP contribution in [0.2, 0.25) is 0 Å². The number of aromatic nitrogens is 2. The first kappa shape index (κ1) is 13.5. The molecule has 0 fully saturated rings. The molecule has 2 N–H and O–H groups in total. The second kappa shape index (κ2) is 4.84. The number of nitrogens with two attached hydrogens (primary N) is 1. The van der Waals surface area contributed by atoms with Crippen molar-refractivity contribution in [2.75, 3.05) is 5.73 Å². The van der Waals surface area contributed by atoms with Gasteiger partial charge in [0.25, 0.3) is 0 Å². The van der Waals surface area contributed by atoms with Crippen molar-refractivity contribution in [2.24, 2.45) is 0 Å². The van der Waals surface area contributed by atoms with E-state index in [-0.39, 0.29) is 23.3 Å². The maximum absolute atomic E-state index is 13.8. The van der Waals surface area contributed by atoms with Crippen LogP contribution in [0.4, 0.5) is 14.7 Å². The Hall–Kier alpha value is -2.43. The summed E-state index contributed by atoms with van der Waals surface area (Å²) in [7, 11) is 0. The number of fused-ring (bicyclic) bond motifs is 1. The van der Waals surface area contributed by atoms with Gasteiger partial charge in [-0.15, -0.1) is 0 Å². The minimum atomic E-state index is -0.416. The van der Waals surface area contributed by atoms with Crippen LogP contribution in [0, 0.1) is 18.6 Å². The van der Waals surface area contributed by atoms with E-state index in [2.05, 4.69) is 4.98 Å². The van der Waals surface area contributed by atoms with Crippen molar-refractivity contribution >= 4 is 17.0 Å². The minimum absolute atomic E-state index is 0.212. The summed E-state index contributed by atoms with van der Waals surface area (Å²) >= 11 is 0. The zero-order valence-corrected chi connectivity index (χ0v) is 11.8. The fraction of sp³-hybridized carbons (Fsp3) is 0.188. The predicted molar refractivity (Wildman–Crippen MR) is 79.1 cm³/mol. The van der Waals surface area contributed by atoms with Gasteiger partial charge in [0, 0.05) is 0 Å². The van der Waals surface area contributed by atoms with Crippen molar-refractivity contribution in [1.29, 1.82) is 0 Å². The zero-order valence-electron chi connectivity index (χ0n) is 11.8. The Labute approximate surface area is 121 Å². The average Bonchev–Trinajstić information content (AvgIpc) is 2.79. The van der Waals surface area contributed by atoms with Gasteiger partial charge >= 0.3 is 0 Å². The number of imidazole rings is 1. The normalized spacial score (nSPS) is 12.8. The third-order valence-electron chi connectivity index (χ3n) is 3.76. The van der Waals surface area contributed by atoms with Crippen molar-refractivity contribution in [3.05, 3.63) is 59.2 Å². The molecule has 1 unspecified atom stereocenters. The maximum Gasteiger partial charge on any atom is 0.201 e. The highest BCUT2D eigenvalue weighted by Gasteiger charge is 2.18. The van der Waals surface area contributed by atoms with Crippen LogP contribution in [0.1, 0.15) is 24.1 Å². The Bertz CT molecular complexity index is 824. The molecule has 3 rings (SSSR count). The van der Waals surface area contributed by atoms with Crippen LogP contribution >= 0.6 is 0 Å². The van der Waals surface area contributed by atoms with E-state index in [1.165, 1.54) is 12.1 Å². The standard InChI is InChI=1S/C16H15F2N3/c1-9-6-7-11(8-13(9)18)10(2)21-14-5-3-4-12(17)15(14)20-16(21)19/h3-8,10H,1-2H3,(H2,19,20). The van der Waals surface area contributed by atoms with Gasteiger partial charge < -0.3 is 10.3 Å². The lowest BCUT2D eigenvalue weighted by molar-refractivity contribution is 0.604. The van der Waals surface area contributed by atoms with E-state index in [0.717, 1.165) is 5.56 Å². The molecule has 0 amide bonds. The van der Waals surface area contributed by atoms with E-state index in [9.17, 15) is 8.78 Å². The summed E-state index contributed by atoms with van der Waals surface area (Å²) in [4.78, 5) is 4.07. The molecule has 0 aliphatic carbocycles. The van der Waals surface area contributed by atoms with Gasteiger partial charge in [-0.3, -0.25) is 0 Å². The van der Waals surface area contributed by atoms with Gasteiger partial charge in [0.05, 0.1) is 11.6 Å². The first-order chi connectivity index (χ1) is 9.99. The average molecular weight is 287 g/mol. The molecular weight excluding hydrogens is 272 g/mol. The molecule has 1 atom stereocenters. The summed E-state index contributed by atoms with van der Waals surface area (Å²) < 4.78 is 29.2. The van der Waals surface area contributed by atoms with Crippen molar-refractivity contribution in [3.8, 4) is 0 Å². The number of benzene rings is 2. The molecule has 0 spiro atoms. The first-order valence-electron chi connectivity index (χ1n) is 6.67. The molecule has 1 heterocycles. The summed E-state index contributed by atoms with van der Waals surface area (Å²) in [5, 5.41) is 0. The van der Waals surface area contributed by atoms with Crippen LogP contribution in [0.25, 0.3) is 11.0 Å². The van der Waals surface area contributed by atoms with Crippen molar-refractivity contribution in [2.45, 2.75) is 19.9 Å². The largest absolute Gasteiger partial charge is 0.369 e. The first-order valence-corrected chi connectivity index (χ1v) is 6.67. The summed E-state index contributed by atoms with van der Waals surface area (Å²) in [5.41, 5.74) is 8.09. The SMILES string of the molecule is Cc1ccc(C(C)n2c(N)nc3c(F)cccc32)cc1F. The van der Waals surface area contributed by atoms with E-state index in [1.54, 1.807) is 29.7 Å². The summed E-state index contributed by atoms with van der Waals surface area (Å²) in [5.74, 6) is -0.475. The number of nitrogens with zero attached hydrogens (tertiary/aromatic N) is 2. The van der Waals surface area contributed by atoms with Crippen LogP contribution < -0.4 is 5.73 Å². The van der Waals surface area contributed by atoms with E-state index in [1.807, 2.05) is 13.0 Å². The molecule has 5 heteroatoms. The smallest absolute Gasteiger partial charge is 0.201 e. The highest BCUT2D eigenvalue weighted by molar-refractivity contribution is 5.79. The zero-order chi connectivity index (χ0) is 15.1. The lowest BCUT2D eigenvalue weighted by Gasteiger charge is -2.17. The number of anilines is 1. The van der Waals surface area contributed by atoms with E-state index in [0.29, 0.717) is 11.1 Å². The van der Waals surface area contributed by atoms with Gasteiger partial charge in [-0.2, -0.15) is 0 Å². The number of nitrogen functional groups attached to an aromatic ring is 1. The van der Waals surface area contributed by atoms with Gasteiger partial charge in [0.2, 0.25) is 5.95 Å².